The molecule has 2 heterocycles. The van der Waals surface area contributed by atoms with Crippen molar-refractivity contribution in [3.05, 3.63) is 23.4 Å². The van der Waals surface area contributed by atoms with E-state index in [1.165, 1.54) is 24.9 Å². The summed E-state index contributed by atoms with van der Waals surface area (Å²) in [6, 6.07) is 4.90. The molecule has 1 aromatic heterocycles. The van der Waals surface area contributed by atoms with Crippen LogP contribution in [0.3, 0.4) is 0 Å². The van der Waals surface area contributed by atoms with Crippen molar-refractivity contribution in [2.75, 3.05) is 31.6 Å². The van der Waals surface area contributed by atoms with Crippen molar-refractivity contribution < 1.29 is 0 Å². The molecular weight excluding hydrogens is 270 g/mol. The fourth-order valence-electron chi connectivity index (χ4n) is 3.01. The normalized spacial score (nSPS) is 19.5. The molecule has 1 aliphatic rings. The van der Waals surface area contributed by atoms with Crippen molar-refractivity contribution >= 4 is 17.4 Å². The van der Waals surface area contributed by atoms with Gasteiger partial charge in [-0.3, -0.25) is 4.90 Å². The van der Waals surface area contributed by atoms with E-state index in [-0.39, 0.29) is 0 Å². The first kappa shape index (κ1) is 15.6. The maximum Gasteiger partial charge on any atom is 0.128 e. The minimum absolute atomic E-state index is 0.556. The Morgan fingerprint density at radius 1 is 1.40 bits per heavy atom. The van der Waals surface area contributed by atoms with E-state index in [1.54, 1.807) is 0 Å². The third-order valence-electron chi connectivity index (χ3n) is 4.22. The zero-order valence-corrected chi connectivity index (χ0v) is 13.7. The van der Waals surface area contributed by atoms with Crippen LogP contribution in [0, 0.1) is 0 Å². The molecule has 0 spiro atoms. The minimum Gasteiger partial charge on any atom is -0.358 e. The van der Waals surface area contributed by atoms with Gasteiger partial charge in [0.2, 0.25) is 0 Å². The molecule has 1 saturated heterocycles. The maximum absolute atomic E-state index is 5.99. The molecule has 4 heteroatoms. The Balaban J connectivity index is 2.10. The number of hydrogen-bond donors (Lipinski definition) is 0. The number of hydrogen-bond acceptors (Lipinski definition) is 3. The Labute approximate surface area is 127 Å². The monoisotopic (exact) mass is 295 g/mol. The van der Waals surface area contributed by atoms with Crippen LogP contribution in [0.15, 0.2) is 12.1 Å². The highest BCUT2D eigenvalue weighted by atomic mass is 35.5. The number of aromatic nitrogens is 1. The minimum atomic E-state index is 0.556. The largest absolute Gasteiger partial charge is 0.358 e. The van der Waals surface area contributed by atoms with Gasteiger partial charge in [0.25, 0.3) is 0 Å². The van der Waals surface area contributed by atoms with Crippen molar-refractivity contribution in [2.45, 2.75) is 45.0 Å². The third-order valence-corrected chi connectivity index (χ3v) is 4.53. The Kier molecular flexibility index (Phi) is 5.67. The van der Waals surface area contributed by atoms with Gasteiger partial charge in [-0.25, -0.2) is 4.98 Å². The number of rotatable bonds is 6. The molecule has 0 N–H and O–H groups in total. The molecule has 112 valence electrons. The van der Waals surface area contributed by atoms with Crippen LogP contribution in [-0.2, 0) is 12.3 Å². The average Bonchev–Trinajstić information content (AvgIpc) is 2.93. The molecule has 1 unspecified atom stereocenters. The van der Waals surface area contributed by atoms with E-state index in [2.05, 4.69) is 42.8 Å². The molecule has 1 aromatic rings. The number of likely N-dealkylation sites (N-methyl/N-ethyl adjacent to an activating group) is 2. The molecule has 3 nitrogen and oxygen atoms in total. The second-order valence-electron chi connectivity index (χ2n) is 5.62. The van der Waals surface area contributed by atoms with Gasteiger partial charge in [0.05, 0.1) is 0 Å². The first-order chi connectivity index (χ1) is 9.67. The highest BCUT2D eigenvalue weighted by Crippen LogP contribution is 2.21. The molecule has 0 radical (unpaired) electrons. The Morgan fingerprint density at radius 3 is 2.85 bits per heavy atom. The van der Waals surface area contributed by atoms with Crippen molar-refractivity contribution in [3.63, 3.8) is 0 Å². The predicted octanol–water partition coefficient (Wildman–Crippen LogP) is 3.30. The van der Waals surface area contributed by atoms with Gasteiger partial charge in [0.15, 0.2) is 0 Å². The molecule has 0 aromatic carbocycles. The number of pyridine rings is 1. The average molecular weight is 296 g/mol. The van der Waals surface area contributed by atoms with Gasteiger partial charge in [-0.05, 0) is 50.0 Å². The van der Waals surface area contributed by atoms with Crippen LogP contribution in [0.2, 0.25) is 0 Å². The van der Waals surface area contributed by atoms with Gasteiger partial charge in [0.1, 0.15) is 5.82 Å². The van der Waals surface area contributed by atoms with Crippen molar-refractivity contribution in [3.8, 4) is 0 Å². The molecule has 0 amide bonds. The number of anilines is 1. The molecule has 0 aliphatic carbocycles. The lowest BCUT2D eigenvalue weighted by atomic mass is 10.2. The van der Waals surface area contributed by atoms with E-state index in [1.807, 2.05) is 0 Å². The lowest BCUT2D eigenvalue weighted by Gasteiger charge is -2.28. The lowest BCUT2D eigenvalue weighted by molar-refractivity contribution is 0.270. The summed E-state index contributed by atoms with van der Waals surface area (Å²) in [5.74, 6) is 1.61. The Morgan fingerprint density at radius 2 is 2.20 bits per heavy atom. The van der Waals surface area contributed by atoms with Crippen LogP contribution in [0.25, 0.3) is 0 Å². The van der Waals surface area contributed by atoms with E-state index < -0.39 is 0 Å². The van der Waals surface area contributed by atoms with E-state index >= 15 is 0 Å². The zero-order chi connectivity index (χ0) is 14.5. The molecule has 0 saturated carbocycles. The van der Waals surface area contributed by atoms with Crippen LogP contribution in [-0.4, -0.2) is 42.6 Å². The summed E-state index contributed by atoms with van der Waals surface area (Å²) < 4.78 is 0. The first-order valence-corrected chi connectivity index (χ1v) is 8.22. The van der Waals surface area contributed by atoms with Crippen molar-refractivity contribution in [2.24, 2.45) is 0 Å². The lowest BCUT2D eigenvalue weighted by Crippen LogP contribution is -2.39. The van der Waals surface area contributed by atoms with Gasteiger partial charge in [-0.15, -0.1) is 11.6 Å². The molecule has 1 atom stereocenters. The molecule has 1 fully saturated rings. The third kappa shape index (κ3) is 3.64. The number of nitrogens with zero attached hydrogens (tertiary/aromatic N) is 3. The van der Waals surface area contributed by atoms with Crippen molar-refractivity contribution in [1.82, 2.24) is 9.88 Å². The molecule has 0 bridgehead atoms. The highest BCUT2D eigenvalue weighted by molar-refractivity contribution is 6.17. The summed E-state index contributed by atoms with van der Waals surface area (Å²) in [5.41, 5.74) is 2.29. The van der Waals surface area contributed by atoms with Crippen LogP contribution < -0.4 is 4.90 Å². The Bertz CT molecular complexity index is 413. The van der Waals surface area contributed by atoms with Gasteiger partial charge in [-0.2, -0.15) is 0 Å². The number of alkyl halides is 1. The van der Waals surface area contributed by atoms with Crippen LogP contribution in [0.4, 0.5) is 5.82 Å². The summed E-state index contributed by atoms with van der Waals surface area (Å²) in [7, 11) is 2.14. The van der Waals surface area contributed by atoms with E-state index in [9.17, 15) is 0 Å². The highest BCUT2D eigenvalue weighted by Gasteiger charge is 2.24. The smallest absolute Gasteiger partial charge is 0.128 e. The number of halogens is 1. The second-order valence-corrected chi connectivity index (χ2v) is 5.88. The molecule has 2 rings (SSSR count). The van der Waals surface area contributed by atoms with E-state index in [0.717, 1.165) is 31.0 Å². The SMILES string of the molecule is CCc1cc(CCl)cc(N(C)CC2CCCN2CC)n1. The van der Waals surface area contributed by atoms with Crippen molar-refractivity contribution in [1.29, 1.82) is 0 Å². The van der Waals surface area contributed by atoms with Crippen LogP contribution in [0.1, 0.15) is 37.9 Å². The van der Waals surface area contributed by atoms with Gasteiger partial charge in [0, 0.05) is 31.2 Å². The van der Waals surface area contributed by atoms with Gasteiger partial charge >= 0.3 is 0 Å². The Hall–Kier alpha value is -0.800. The topological polar surface area (TPSA) is 19.4 Å². The molecule has 1 aliphatic heterocycles. The van der Waals surface area contributed by atoms with Crippen LogP contribution in [0.5, 0.6) is 0 Å². The number of likely N-dealkylation sites (tertiary alicyclic amines) is 1. The van der Waals surface area contributed by atoms with E-state index in [0.29, 0.717) is 11.9 Å². The standard InChI is InChI=1S/C16H26ClN3/c1-4-14-9-13(11-17)10-16(18-14)19(3)12-15-7-6-8-20(15)5-2/h9-10,15H,4-8,11-12H2,1-3H3. The maximum atomic E-state index is 5.99. The first-order valence-electron chi connectivity index (χ1n) is 7.68. The zero-order valence-electron chi connectivity index (χ0n) is 12.9. The van der Waals surface area contributed by atoms with Crippen LogP contribution >= 0.6 is 11.6 Å². The molecule has 20 heavy (non-hydrogen) atoms. The fourth-order valence-corrected chi connectivity index (χ4v) is 3.17. The summed E-state index contributed by atoms with van der Waals surface area (Å²) in [4.78, 5) is 9.60. The summed E-state index contributed by atoms with van der Waals surface area (Å²) in [6.07, 6.45) is 3.58. The predicted molar refractivity (Wildman–Crippen MR) is 86.7 cm³/mol. The summed E-state index contributed by atoms with van der Waals surface area (Å²) in [6.45, 7) is 7.83. The van der Waals surface area contributed by atoms with E-state index in [4.69, 9.17) is 16.6 Å². The number of aryl methyl sites for hydroxylation is 1. The fraction of sp³-hybridized carbons (Fsp3) is 0.688. The second kappa shape index (κ2) is 7.28. The van der Waals surface area contributed by atoms with Gasteiger partial charge < -0.3 is 4.90 Å². The quantitative estimate of drug-likeness (QED) is 0.751. The van der Waals surface area contributed by atoms with Gasteiger partial charge in [-0.1, -0.05) is 13.8 Å². The molecular formula is C16H26ClN3. The summed E-state index contributed by atoms with van der Waals surface area (Å²) in [5, 5.41) is 0. The summed E-state index contributed by atoms with van der Waals surface area (Å²) >= 11 is 5.99.